The van der Waals surface area contributed by atoms with Crippen LogP contribution in [0.1, 0.15) is 26.7 Å². The summed E-state index contributed by atoms with van der Waals surface area (Å²) < 4.78 is 32.4. The van der Waals surface area contributed by atoms with Crippen LogP contribution in [-0.2, 0) is 16.6 Å². The Morgan fingerprint density at radius 3 is 2.41 bits per heavy atom. The van der Waals surface area contributed by atoms with Crippen LogP contribution in [0, 0.1) is 0 Å². The van der Waals surface area contributed by atoms with Crippen molar-refractivity contribution < 1.29 is 27.5 Å². The lowest BCUT2D eigenvalue weighted by molar-refractivity contribution is 0.0660. The van der Waals surface area contributed by atoms with E-state index in [-0.39, 0.29) is 33.5 Å². The second kappa shape index (κ2) is 8.48. The SMILES string of the molecule is O=C(O)c1ccc(CNS(=O)(=O)c2ccc(Cl)c(C(=O)Nc3ccccc3)c2)o1. The van der Waals surface area contributed by atoms with E-state index in [4.69, 9.17) is 21.1 Å². The van der Waals surface area contributed by atoms with Crippen LogP contribution < -0.4 is 10.0 Å². The molecule has 3 aromatic rings. The first kappa shape index (κ1) is 20.6. The largest absolute Gasteiger partial charge is 0.475 e. The van der Waals surface area contributed by atoms with Gasteiger partial charge in [-0.25, -0.2) is 17.9 Å². The highest BCUT2D eigenvalue weighted by Crippen LogP contribution is 2.22. The molecule has 0 unspecified atom stereocenters. The van der Waals surface area contributed by atoms with Crippen LogP contribution in [0.3, 0.4) is 0 Å². The van der Waals surface area contributed by atoms with Gasteiger partial charge in [0.05, 0.1) is 22.0 Å². The highest BCUT2D eigenvalue weighted by atomic mass is 35.5. The van der Waals surface area contributed by atoms with Crippen LogP contribution in [0.25, 0.3) is 0 Å². The topological polar surface area (TPSA) is 126 Å². The summed E-state index contributed by atoms with van der Waals surface area (Å²) in [6, 6.07) is 14.9. The maximum atomic E-state index is 12.5. The molecule has 1 aromatic heterocycles. The fourth-order valence-electron chi connectivity index (χ4n) is 2.40. The van der Waals surface area contributed by atoms with E-state index in [0.717, 1.165) is 6.07 Å². The van der Waals surface area contributed by atoms with Crippen molar-refractivity contribution in [3.63, 3.8) is 0 Å². The smallest absolute Gasteiger partial charge is 0.371 e. The number of furan rings is 1. The average Bonchev–Trinajstić information content (AvgIpc) is 3.17. The number of hydrogen-bond acceptors (Lipinski definition) is 5. The van der Waals surface area contributed by atoms with Gasteiger partial charge in [0, 0.05) is 5.69 Å². The van der Waals surface area contributed by atoms with E-state index in [0.29, 0.717) is 5.69 Å². The molecule has 0 radical (unpaired) electrons. The van der Waals surface area contributed by atoms with Gasteiger partial charge < -0.3 is 14.8 Å². The molecule has 3 rings (SSSR count). The minimum atomic E-state index is -4.01. The zero-order valence-electron chi connectivity index (χ0n) is 14.8. The molecule has 2 aromatic carbocycles. The monoisotopic (exact) mass is 434 g/mol. The van der Waals surface area contributed by atoms with Gasteiger partial charge in [-0.1, -0.05) is 29.8 Å². The summed E-state index contributed by atoms with van der Waals surface area (Å²) >= 11 is 6.07. The van der Waals surface area contributed by atoms with Crippen LogP contribution in [0.5, 0.6) is 0 Å². The van der Waals surface area contributed by atoms with Gasteiger partial charge in [0.25, 0.3) is 5.91 Å². The summed E-state index contributed by atoms with van der Waals surface area (Å²) in [5.74, 6) is -1.99. The van der Waals surface area contributed by atoms with Crippen LogP contribution in [-0.4, -0.2) is 25.4 Å². The number of rotatable bonds is 7. The van der Waals surface area contributed by atoms with Crippen molar-refractivity contribution in [2.75, 3.05) is 5.32 Å². The Morgan fingerprint density at radius 1 is 1.03 bits per heavy atom. The number of para-hydroxylation sites is 1. The van der Waals surface area contributed by atoms with Crippen molar-refractivity contribution in [1.82, 2.24) is 4.72 Å². The fourth-order valence-corrected chi connectivity index (χ4v) is 3.63. The van der Waals surface area contributed by atoms with Gasteiger partial charge in [-0.3, -0.25) is 4.79 Å². The van der Waals surface area contributed by atoms with Crippen molar-refractivity contribution in [2.45, 2.75) is 11.4 Å². The highest BCUT2D eigenvalue weighted by molar-refractivity contribution is 7.89. The number of carboxylic acids is 1. The molecule has 150 valence electrons. The number of carboxylic acid groups (broad SMARTS) is 1. The predicted octanol–water partition coefficient (Wildman–Crippen LogP) is 3.36. The molecule has 0 saturated carbocycles. The molecule has 0 atom stereocenters. The summed E-state index contributed by atoms with van der Waals surface area (Å²) in [4.78, 5) is 23.1. The van der Waals surface area contributed by atoms with E-state index < -0.39 is 21.9 Å². The minimum absolute atomic E-state index is 0.00967. The van der Waals surface area contributed by atoms with Gasteiger partial charge in [0.15, 0.2) is 0 Å². The molecular formula is C19H15ClN2O6S. The summed E-state index contributed by atoms with van der Waals surface area (Å²) in [6.07, 6.45) is 0. The quantitative estimate of drug-likeness (QED) is 0.523. The summed E-state index contributed by atoms with van der Waals surface area (Å²) in [5, 5.41) is 11.6. The van der Waals surface area contributed by atoms with Crippen LogP contribution in [0.4, 0.5) is 5.69 Å². The number of carbonyl (C=O) groups excluding carboxylic acids is 1. The molecule has 1 heterocycles. The maximum Gasteiger partial charge on any atom is 0.371 e. The number of benzene rings is 2. The van der Waals surface area contributed by atoms with Crippen molar-refractivity contribution >= 4 is 39.2 Å². The number of aromatic carboxylic acids is 1. The van der Waals surface area contributed by atoms with Gasteiger partial charge >= 0.3 is 5.97 Å². The number of halogens is 1. The minimum Gasteiger partial charge on any atom is -0.475 e. The van der Waals surface area contributed by atoms with E-state index in [1.165, 1.54) is 24.3 Å². The molecule has 0 fully saturated rings. The normalized spacial score (nSPS) is 11.2. The Kier molecular flexibility index (Phi) is 6.02. The zero-order valence-corrected chi connectivity index (χ0v) is 16.3. The molecule has 10 heteroatoms. The second-order valence-electron chi connectivity index (χ2n) is 5.86. The van der Waals surface area contributed by atoms with Gasteiger partial charge in [0.1, 0.15) is 5.76 Å². The summed E-state index contributed by atoms with van der Waals surface area (Å²) in [7, 11) is -4.01. The molecule has 0 aliphatic heterocycles. The number of amides is 1. The Bertz CT molecular complexity index is 1160. The van der Waals surface area contributed by atoms with Crippen LogP contribution >= 0.6 is 11.6 Å². The van der Waals surface area contributed by atoms with Crippen LogP contribution in [0.15, 0.2) is 70.0 Å². The third-order valence-corrected chi connectivity index (χ3v) is 5.56. The first-order valence-corrected chi connectivity index (χ1v) is 10.1. The van der Waals surface area contributed by atoms with Crippen molar-refractivity contribution in [3.05, 3.63) is 82.8 Å². The molecular weight excluding hydrogens is 420 g/mol. The lowest BCUT2D eigenvalue weighted by Crippen LogP contribution is -2.23. The van der Waals surface area contributed by atoms with E-state index in [9.17, 15) is 18.0 Å². The molecule has 0 aliphatic rings. The number of carbonyl (C=O) groups is 2. The molecule has 29 heavy (non-hydrogen) atoms. The third-order valence-electron chi connectivity index (χ3n) is 3.83. The average molecular weight is 435 g/mol. The Morgan fingerprint density at radius 2 is 1.76 bits per heavy atom. The highest BCUT2D eigenvalue weighted by Gasteiger charge is 2.20. The molecule has 0 saturated heterocycles. The number of nitrogens with one attached hydrogen (secondary N) is 2. The van der Waals surface area contributed by atoms with Crippen LogP contribution in [0.2, 0.25) is 5.02 Å². The van der Waals surface area contributed by atoms with E-state index in [2.05, 4.69) is 10.0 Å². The van der Waals surface area contributed by atoms with Gasteiger partial charge in [-0.05, 0) is 42.5 Å². The fraction of sp³-hybridized carbons (Fsp3) is 0.0526. The van der Waals surface area contributed by atoms with Crippen molar-refractivity contribution in [1.29, 1.82) is 0 Å². The lowest BCUT2D eigenvalue weighted by atomic mass is 10.2. The lowest BCUT2D eigenvalue weighted by Gasteiger charge is -2.10. The Balaban J connectivity index is 1.77. The van der Waals surface area contributed by atoms with E-state index in [1.54, 1.807) is 30.3 Å². The molecule has 0 spiro atoms. The number of anilines is 1. The summed E-state index contributed by atoms with van der Waals surface area (Å²) in [6.45, 7) is -0.260. The van der Waals surface area contributed by atoms with Crippen molar-refractivity contribution in [2.24, 2.45) is 0 Å². The zero-order chi connectivity index (χ0) is 21.0. The molecule has 1 amide bonds. The van der Waals surface area contributed by atoms with E-state index in [1.807, 2.05) is 0 Å². The number of sulfonamides is 1. The molecule has 8 nitrogen and oxygen atoms in total. The Labute approximate surface area is 171 Å². The van der Waals surface area contributed by atoms with Gasteiger partial charge in [-0.2, -0.15) is 0 Å². The van der Waals surface area contributed by atoms with Gasteiger partial charge in [-0.15, -0.1) is 0 Å². The second-order valence-corrected chi connectivity index (χ2v) is 8.03. The number of hydrogen-bond donors (Lipinski definition) is 3. The molecule has 3 N–H and O–H groups in total. The molecule has 0 aliphatic carbocycles. The first-order valence-electron chi connectivity index (χ1n) is 8.24. The maximum absolute atomic E-state index is 12.5. The van der Waals surface area contributed by atoms with E-state index >= 15 is 0 Å². The molecule has 0 bridgehead atoms. The van der Waals surface area contributed by atoms with Crippen molar-refractivity contribution in [3.8, 4) is 0 Å². The standard InChI is InChI=1S/C19H15ClN2O6S/c20-16-8-7-14(10-15(16)18(23)22-12-4-2-1-3-5-12)29(26,27)21-11-13-6-9-17(28-13)19(24)25/h1-10,21H,11H2,(H,22,23)(H,24,25). The first-order chi connectivity index (χ1) is 13.8. The Hall–Kier alpha value is -3.14. The van der Waals surface area contributed by atoms with Gasteiger partial charge in [0.2, 0.25) is 15.8 Å². The predicted molar refractivity (Wildman–Crippen MR) is 106 cm³/mol. The third kappa shape index (κ3) is 5.02. The summed E-state index contributed by atoms with van der Waals surface area (Å²) in [5.41, 5.74) is 0.525.